The van der Waals surface area contributed by atoms with E-state index in [-0.39, 0.29) is 5.91 Å². The SMILES string of the molecule is Cc1nc(-c2cccs2)sc1C(=O)N(C)Cc1nc2ccccc2s1. The first kappa shape index (κ1) is 16.4. The third-order valence-electron chi connectivity index (χ3n) is 3.78. The van der Waals surface area contributed by atoms with Gasteiger partial charge in [0, 0.05) is 7.05 Å². The molecule has 0 spiro atoms. The Hall–Kier alpha value is -2.09. The van der Waals surface area contributed by atoms with Gasteiger partial charge in [0.05, 0.1) is 27.3 Å². The Labute approximate surface area is 157 Å². The number of hydrogen-bond acceptors (Lipinski definition) is 6. The molecule has 0 N–H and O–H groups in total. The number of aryl methyl sites for hydroxylation is 1. The molecule has 25 heavy (non-hydrogen) atoms. The van der Waals surface area contributed by atoms with E-state index in [4.69, 9.17) is 0 Å². The predicted octanol–water partition coefficient (Wildman–Crippen LogP) is 5.06. The molecule has 0 radical (unpaired) electrons. The normalized spacial score (nSPS) is 11.1. The number of benzene rings is 1. The van der Waals surface area contributed by atoms with Crippen LogP contribution in [0.4, 0.5) is 0 Å². The molecule has 4 nitrogen and oxygen atoms in total. The van der Waals surface area contributed by atoms with Crippen molar-refractivity contribution in [2.24, 2.45) is 0 Å². The summed E-state index contributed by atoms with van der Waals surface area (Å²) in [6, 6.07) is 12.1. The summed E-state index contributed by atoms with van der Waals surface area (Å²) in [7, 11) is 1.82. The fourth-order valence-electron chi connectivity index (χ4n) is 2.54. The van der Waals surface area contributed by atoms with Gasteiger partial charge in [0.15, 0.2) is 0 Å². The van der Waals surface area contributed by atoms with Gasteiger partial charge in [-0.3, -0.25) is 4.79 Å². The molecule has 0 saturated heterocycles. The summed E-state index contributed by atoms with van der Waals surface area (Å²) >= 11 is 4.73. The monoisotopic (exact) mass is 385 g/mol. The van der Waals surface area contributed by atoms with Crippen LogP contribution in [0.5, 0.6) is 0 Å². The van der Waals surface area contributed by atoms with E-state index in [1.807, 2.05) is 49.7 Å². The second kappa shape index (κ2) is 6.67. The highest BCUT2D eigenvalue weighted by atomic mass is 32.1. The summed E-state index contributed by atoms with van der Waals surface area (Å²) in [5.41, 5.74) is 1.77. The summed E-state index contributed by atoms with van der Waals surface area (Å²) in [6.07, 6.45) is 0. The third-order valence-corrected chi connectivity index (χ3v) is 6.99. The minimum Gasteiger partial charge on any atom is -0.334 e. The van der Waals surface area contributed by atoms with E-state index in [0.717, 1.165) is 30.8 Å². The molecule has 0 saturated carbocycles. The van der Waals surface area contributed by atoms with Crippen molar-refractivity contribution in [3.8, 4) is 9.88 Å². The number of carbonyl (C=O) groups excluding carboxylic acids is 1. The number of thiophene rings is 1. The van der Waals surface area contributed by atoms with Crippen molar-refractivity contribution in [3.63, 3.8) is 0 Å². The Bertz CT molecular complexity index is 1000. The van der Waals surface area contributed by atoms with Crippen molar-refractivity contribution in [1.29, 1.82) is 0 Å². The first-order chi connectivity index (χ1) is 12.1. The van der Waals surface area contributed by atoms with Gasteiger partial charge >= 0.3 is 0 Å². The highest BCUT2D eigenvalue weighted by Crippen LogP contribution is 2.32. The largest absolute Gasteiger partial charge is 0.334 e. The number of para-hydroxylation sites is 1. The van der Waals surface area contributed by atoms with Crippen LogP contribution in [0.25, 0.3) is 20.1 Å². The molecule has 3 heterocycles. The van der Waals surface area contributed by atoms with Crippen LogP contribution in [0, 0.1) is 6.92 Å². The number of thiazole rings is 2. The Balaban J connectivity index is 1.56. The highest BCUT2D eigenvalue weighted by Gasteiger charge is 2.21. The molecule has 3 aromatic heterocycles. The van der Waals surface area contributed by atoms with Crippen molar-refractivity contribution >= 4 is 50.1 Å². The first-order valence-electron chi connectivity index (χ1n) is 7.73. The minimum absolute atomic E-state index is 0.00272. The first-order valence-corrected chi connectivity index (χ1v) is 10.2. The molecule has 0 fully saturated rings. The molecule has 1 amide bonds. The fraction of sp³-hybridized carbons (Fsp3) is 0.167. The highest BCUT2D eigenvalue weighted by molar-refractivity contribution is 7.22. The van der Waals surface area contributed by atoms with E-state index in [9.17, 15) is 4.79 Å². The van der Waals surface area contributed by atoms with Crippen LogP contribution in [0.2, 0.25) is 0 Å². The molecular weight excluding hydrogens is 370 g/mol. The van der Waals surface area contributed by atoms with Gasteiger partial charge in [-0.25, -0.2) is 9.97 Å². The summed E-state index contributed by atoms with van der Waals surface area (Å²) in [5, 5.41) is 3.87. The summed E-state index contributed by atoms with van der Waals surface area (Å²) in [4.78, 5) is 25.5. The second-order valence-corrected chi connectivity index (χ2v) is 8.71. The Kier molecular flexibility index (Phi) is 4.37. The van der Waals surface area contributed by atoms with Crippen molar-refractivity contribution in [2.45, 2.75) is 13.5 Å². The zero-order chi connectivity index (χ0) is 17.4. The van der Waals surface area contributed by atoms with Gasteiger partial charge in [-0.15, -0.1) is 34.0 Å². The summed E-state index contributed by atoms with van der Waals surface area (Å²) < 4.78 is 1.15. The third kappa shape index (κ3) is 3.22. The van der Waals surface area contributed by atoms with Crippen LogP contribution in [0.1, 0.15) is 20.4 Å². The molecular formula is C18H15N3OS3. The van der Waals surface area contributed by atoms with E-state index in [1.54, 1.807) is 27.6 Å². The molecule has 0 aliphatic rings. The van der Waals surface area contributed by atoms with E-state index >= 15 is 0 Å². The van der Waals surface area contributed by atoms with Crippen molar-refractivity contribution in [3.05, 3.63) is 57.4 Å². The Morgan fingerprint density at radius 2 is 1.96 bits per heavy atom. The maximum Gasteiger partial charge on any atom is 0.265 e. The van der Waals surface area contributed by atoms with E-state index in [0.29, 0.717) is 11.4 Å². The van der Waals surface area contributed by atoms with E-state index in [2.05, 4.69) is 16.0 Å². The van der Waals surface area contributed by atoms with E-state index < -0.39 is 0 Å². The predicted molar refractivity (Wildman–Crippen MR) is 106 cm³/mol. The molecule has 126 valence electrons. The zero-order valence-corrected chi connectivity index (χ0v) is 16.2. The van der Waals surface area contributed by atoms with Crippen LogP contribution in [0.3, 0.4) is 0 Å². The average molecular weight is 386 g/mol. The lowest BCUT2D eigenvalue weighted by molar-refractivity contribution is 0.0789. The Morgan fingerprint density at radius 3 is 2.72 bits per heavy atom. The zero-order valence-electron chi connectivity index (χ0n) is 13.7. The molecule has 0 aliphatic heterocycles. The standard InChI is InChI=1S/C18H15N3OS3/c1-11-16(25-17(19-11)14-8-5-9-23-14)18(22)21(2)10-15-20-12-6-3-4-7-13(12)24-15/h3-9H,10H2,1-2H3. The molecule has 0 atom stereocenters. The molecule has 4 rings (SSSR count). The lowest BCUT2D eigenvalue weighted by Gasteiger charge is -2.14. The molecule has 7 heteroatoms. The average Bonchev–Trinajstić information content (AvgIpc) is 3.32. The van der Waals surface area contributed by atoms with Crippen LogP contribution in [-0.4, -0.2) is 27.8 Å². The van der Waals surface area contributed by atoms with Gasteiger partial charge in [0.25, 0.3) is 5.91 Å². The second-order valence-electron chi connectivity index (χ2n) is 5.65. The molecule has 0 aliphatic carbocycles. The number of aromatic nitrogens is 2. The smallest absolute Gasteiger partial charge is 0.265 e. The van der Waals surface area contributed by atoms with Crippen molar-refractivity contribution in [2.75, 3.05) is 7.05 Å². The number of amides is 1. The van der Waals surface area contributed by atoms with E-state index in [1.165, 1.54) is 11.3 Å². The van der Waals surface area contributed by atoms with Crippen LogP contribution in [0.15, 0.2) is 41.8 Å². The van der Waals surface area contributed by atoms with Gasteiger partial charge in [-0.2, -0.15) is 0 Å². The lowest BCUT2D eigenvalue weighted by atomic mass is 10.3. The van der Waals surface area contributed by atoms with Gasteiger partial charge in [-0.1, -0.05) is 18.2 Å². The fourth-order valence-corrected chi connectivity index (χ4v) is 5.41. The number of rotatable bonds is 4. The summed E-state index contributed by atoms with van der Waals surface area (Å²) in [6.45, 7) is 2.40. The quantitative estimate of drug-likeness (QED) is 0.493. The van der Waals surface area contributed by atoms with Gasteiger partial charge < -0.3 is 4.90 Å². The van der Waals surface area contributed by atoms with Gasteiger partial charge in [0.2, 0.25) is 0 Å². The molecule has 1 aromatic carbocycles. The maximum absolute atomic E-state index is 12.8. The Morgan fingerprint density at radius 1 is 1.12 bits per heavy atom. The molecule has 4 aromatic rings. The number of carbonyl (C=O) groups is 1. The van der Waals surface area contributed by atoms with Crippen molar-refractivity contribution < 1.29 is 4.79 Å². The topological polar surface area (TPSA) is 46.1 Å². The van der Waals surface area contributed by atoms with Gasteiger partial charge in [0.1, 0.15) is 14.9 Å². The molecule has 0 unspecified atom stereocenters. The van der Waals surface area contributed by atoms with Crippen LogP contribution >= 0.6 is 34.0 Å². The lowest BCUT2D eigenvalue weighted by Crippen LogP contribution is -2.25. The van der Waals surface area contributed by atoms with Crippen LogP contribution < -0.4 is 0 Å². The number of nitrogens with zero attached hydrogens (tertiary/aromatic N) is 3. The van der Waals surface area contributed by atoms with Gasteiger partial charge in [-0.05, 0) is 30.5 Å². The number of fused-ring (bicyclic) bond motifs is 1. The minimum atomic E-state index is -0.00272. The maximum atomic E-state index is 12.8. The van der Waals surface area contributed by atoms with Crippen molar-refractivity contribution in [1.82, 2.24) is 14.9 Å². The number of hydrogen-bond donors (Lipinski definition) is 0. The van der Waals surface area contributed by atoms with Crippen LogP contribution in [-0.2, 0) is 6.54 Å². The molecule has 0 bridgehead atoms. The summed E-state index contributed by atoms with van der Waals surface area (Å²) in [5.74, 6) is -0.00272.